The molecule has 6 heteroatoms. The molecular weight excluding hydrogens is 240 g/mol. The third kappa shape index (κ3) is 2.40. The Morgan fingerprint density at radius 1 is 1.37 bits per heavy atom. The Bertz CT molecular complexity index is 559. The molecule has 3 rings (SSSR count). The zero-order valence-electron chi connectivity index (χ0n) is 11.3. The summed E-state index contributed by atoms with van der Waals surface area (Å²) in [6, 6.07) is 0.803. The average molecular weight is 260 g/mol. The molecule has 0 amide bonds. The lowest BCUT2D eigenvalue weighted by Crippen LogP contribution is -2.37. The maximum absolute atomic E-state index is 5.78. The van der Waals surface area contributed by atoms with Gasteiger partial charge in [-0.25, -0.2) is 15.0 Å². The summed E-state index contributed by atoms with van der Waals surface area (Å²) in [6.07, 6.45) is 8.50. The van der Waals surface area contributed by atoms with Crippen molar-refractivity contribution in [2.24, 2.45) is 0 Å². The third-order valence-electron chi connectivity index (χ3n) is 4.04. The van der Waals surface area contributed by atoms with Gasteiger partial charge in [-0.3, -0.25) is 0 Å². The molecule has 1 aliphatic carbocycles. The number of aryl methyl sites for hydroxylation is 1. The van der Waals surface area contributed by atoms with Crippen LogP contribution in [0.5, 0.6) is 0 Å². The van der Waals surface area contributed by atoms with Crippen LogP contribution in [0.4, 0.5) is 5.82 Å². The van der Waals surface area contributed by atoms with Gasteiger partial charge in [0, 0.05) is 12.6 Å². The van der Waals surface area contributed by atoms with E-state index in [1.807, 2.05) is 0 Å². The molecule has 6 nitrogen and oxygen atoms in total. The fourth-order valence-electron chi connectivity index (χ4n) is 2.56. The maximum atomic E-state index is 5.78. The van der Waals surface area contributed by atoms with Crippen LogP contribution in [0.15, 0.2) is 12.7 Å². The van der Waals surface area contributed by atoms with E-state index in [1.165, 1.54) is 25.6 Å². The fraction of sp³-hybridized carbons (Fsp3) is 0.615. The van der Waals surface area contributed by atoms with Crippen molar-refractivity contribution in [3.63, 3.8) is 0 Å². The zero-order chi connectivity index (χ0) is 13.2. The predicted octanol–water partition coefficient (Wildman–Crippen LogP) is 1.28. The van der Waals surface area contributed by atoms with Crippen LogP contribution in [0.3, 0.4) is 0 Å². The Labute approximate surface area is 112 Å². The Kier molecular flexibility index (Phi) is 3.33. The van der Waals surface area contributed by atoms with E-state index in [1.54, 1.807) is 6.33 Å². The monoisotopic (exact) mass is 260 g/mol. The van der Waals surface area contributed by atoms with Crippen LogP contribution in [-0.2, 0) is 6.54 Å². The number of hydrogen-bond donors (Lipinski definition) is 1. The number of hydrogen-bond acceptors (Lipinski definition) is 5. The maximum Gasteiger partial charge on any atom is 0.165 e. The molecule has 2 aromatic rings. The molecule has 2 N–H and O–H groups in total. The normalized spacial score (nSPS) is 16.1. The molecule has 0 saturated heterocycles. The highest BCUT2D eigenvalue weighted by Crippen LogP contribution is 2.23. The molecule has 0 radical (unpaired) electrons. The van der Waals surface area contributed by atoms with Crippen LogP contribution in [0.25, 0.3) is 11.2 Å². The molecule has 2 aromatic heterocycles. The van der Waals surface area contributed by atoms with E-state index in [0.29, 0.717) is 11.3 Å². The molecule has 0 atom stereocenters. The van der Waals surface area contributed by atoms with Crippen molar-refractivity contribution in [1.82, 2.24) is 24.4 Å². The summed E-state index contributed by atoms with van der Waals surface area (Å²) >= 11 is 0. The second-order valence-electron chi connectivity index (χ2n) is 5.29. The predicted molar refractivity (Wildman–Crippen MR) is 74.6 cm³/mol. The smallest absolute Gasteiger partial charge is 0.165 e. The number of aromatic nitrogens is 4. The Morgan fingerprint density at radius 3 is 2.95 bits per heavy atom. The molecule has 1 saturated carbocycles. The fourth-order valence-corrected chi connectivity index (χ4v) is 2.56. The first-order valence-electron chi connectivity index (χ1n) is 6.87. The summed E-state index contributed by atoms with van der Waals surface area (Å²) < 4.78 is 2.06. The van der Waals surface area contributed by atoms with Gasteiger partial charge in [0.1, 0.15) is 11.8 Å². The van der Waals surface area contributed by atoms with E-state index in [9.17, 15) is 0 Å². The van der Waals surface area contributed by atoms with Gasteiger partial charge in [-0.05, 0) is 32.9 Å². The molecule has 0 bridgehead atoms. The first-order chi connectivity index (χ1) is 9.25. The summed E-state index contributed by atoms with van der Waals surface area (Å²) in [5.41, 5.74) is 7.31. The summed E-state index contributed by atoms with van der Waals surface area (Å²) in [7, 11) is 2.22. The van der Waals surface area contributed by atoms with Crippen LogP contribution >= 0.6 is 0 Å². The van der Waals surface area contributed by atoms with Gasteiger partial charge in [0.05, 0.1) is 6.33 Å². The van der Waals surface area contributed by atoms with E-state index in [-0.39, 0.29) is 0 Å². The molecule has 1 fully saturated rings. The van der Waals surface area contributed by atoms with Crippen LogP contribution in [0.1, 0.15) is 25.7 Å². The van der Waals surface area contributed by atoms with Crippen molar-refractivity contribution in [3.8, 4) is 0 Å². The van der Waals surface area contributed by atoms with Crippen molar-refractivity contribution < 1.29 is 0 Å². The Balaban J connectivity index is 1.60. The Morgan fingerprint density at radius 2 is 2.21 bits per heavy atom. The molecule has 0 spiro atoms. The van der Waals surface area contributed by atoms with Crippen molar-refractivity contribution >= 4 is 17.0 Å². The first-order valence-corrected chi connectivity index (χ1v) is 6.87. The minimum Gasteiger partial charge on any atom is -0.382 e. The van der Waals surface area contributed by atoms with E-state index in [2.05, 4.69) is 31.5 Å². The number of nitrogen functional groups attached to an aromatic ring is 1. The molecule has 102 valence electrons. The van der Waals surface area contributed by atoms with Crippen LogP contribution in [-0.4, -0.2) is 44.1 Å². The number of fused-ring (bicyclic) bond motifs is 1. The summed E-state index contributed by atoms with van der Waals surface area (Å²) in [5, 5.41) is 0. The lowest BCUT2D eigenvalue weighted by atomic mass is 9.92. The minimum atomic E-state index is 0.454. The number of rotatable bonds is 5. The van der Waals surface area contributed by atoms with Gasteiger partial charge < -0.3 is 15.2 Å². The van der Waals surface area contributed by atoms with Gasteiger partial charge in [-0.15, -0.1) is 0 Å². The lowest BCUT2D eigenvalue weighted by molar-refractivity contribution is 0.156. The van der Waals surface area contributed by atoms with Gasteiger partial charge in [0.25, 0.3) is 0 Å². The van der Waals surface area contributed by atoms with Crippen molar-refractivity contribution in [1.29, 1.82) is 0 Å². The molecule has 0 unspecified atom stereocenters. The largest absolute Gasteiger partial charge is 0.382 e. The van der Waals surface area contributed by atoms with Gasteiger partial charge in [-0.2, -0.15) is 0 Å². The van der Waals surface area contributed by atoms with Gasteiger partial charge in [0.2, 0.25) is 0 Å². The van der Waals surface area contributed by atoms with Crippen molar-refractivity contribution in [2.75, 3.05) is 19.3 Å². The van der Waals surface area contributed by atoms with E-state index in [4.69, 9.17) is 5.73 Å². The van der Waals surface area contributed by atoms with Gasteiger partial charge >= 0.3 is 0 Å². The molecule has 0 aromatic carbocycles. The third-order valence-corrected chi connectivity index (χ3v) is 4.04. The molecule has 1 aliphatic rings. The number of anilines is 1. The van der Waals surface area contributed by atoms with E-state index >= 15 is 0 Å². The second kappa shape index (κ2) is 5.13. The number of nitrogens with zero attached hydrogens (tertiary/aromatic N) is 5. The highest BCUT2D eigenvalue weighted by molar-refractivity contribution is 5.80. The Hall–Kier alpha value is -1.69. The summed E-state index contributed by atoms with van der Waals surface area (Å²) in [6.45, 7) is 2.04. The molecular formula is C13H20N6. The molecule has 2 heterocycles. The first kappa shape index (κ1) is 12.3. The number of imidazole rings is 1. The summed E-state index contributed by atoms with van der Waals surface area (Å²) in [4.78, 5) is 15.0. The standard InChI is InChI=1S/C13H20N6/c1-18(10-4-2-5-10)6-3-7-19-9-17-11-12(14)15-8-16-13(11)19/h8-10H,2-7H2,1H3,(H2,14,15,16). The quantitative estimate of drug-likeness (QED) is 0.876. The highest BCUT2D eigenvalue weighted by Gasteiger charge is 2.21. The number of nitrogens with two attached hydrogens (primary N) is 1. The van der Waals surface area contributed by atoms with Crippen LogP contribution in [0, 0.1) is 0 Å². The highest BCUT2D eigenvalue weighted by atomic mass is 15.2. The molecule has 19 heavy (non-hydrogen) atoms. The van der Waals surface area contributed by atoms with Crippen molar-refractivity contribution in [3.05, 3.63) is 12.7 Å². The average Bonchev–Trinajstić information content (AvgIpc) is 2.72. The minimum absolute atomic E-state index is 0.454. The SMILES string of the molecule is CN(CCCn1cnc2c(N)ncnc21)C1CCC1. The van der Waals surface area contributed by atoms with Crippen molar-refractivity contribution in [2.45, 2.75) is 38.3 Å². The topological polar surface area (TPSA) is 72.9 Å². The van der Waals surface area contributed by atoms with Crippen LogP contribution in [0.2, 0.25) is 0 Å². The summed E-state index contributed by atoms with van der Waals surface area (Å²) in [5.74, 6) is 0.454. The van der Waals surface area contributed by atoms with Gasteiger partial charge in [-0.1, -0.05) is 6.42 Å². The second-order valence-corrected chi connectivity index (χ2v) is 5.29. The lowest BCUT2D eigenvalue weighted by Gasteiger charge is -2.34. The molecule has 0 aliphatic heterocycles. The van der Waals surface area contributed by atoms with E-state index in [0.717, 1.165) is 31.2 Å². The van der Waals surface area contributed by atoms with E-state index < -0.39 is 0 Å². The zero-order valence-corrected chi connectivity index (χ0v) is 11.3. The van der Waals surface area contributed by atoms with Crippen LogP contribution < -0.4 is 5.73 Å². The van der Waals surface area contributed by atoms with Gasteiger partial charge in [0.15, 0.2) is 11.5 Å².